The number of halogens is 2. The van der Waals surface area contributed by atoms with Gasteiger partial charge in [0.05, 0.1) is 10.7 Å². The number of aromatic nitrogens is 2. The van der Waals surface area contributed by atoms with E-state index in [0.29, 0.717) is 5.69 Å². The Morgan fingerprint density at radius 3 is 2.75 bits per heavy atom. The zero-order chi connectivity index (χ0) is 11.7. The van der Waals surface area contributed by atoms with E-state index < -0.39 is 11.8 Å². The van der Waals surface area contributed by atoms with Crippen LogP contribution in [-0.2, 0) is 0 Å². The SMILES string of the molecule is O=C(O)c1ccn(-c2ccc(Cl)c(F)c2)n1. The van der Waals surface area contributed by atoms with Crippen molar-refractivity contribution in [2.75, 3.05) is 0 Å². The maximum Gasteiger partial charge on any atom is 0.356 e. The van der Waals surface area contributed by atoms with Gasteiger partial charge in [-0.25, -0.2) is 13.9 Å². The van der Waals surface area contributed by atoms with E-state index in [1.54, 1.807) is 6.07 Å². The molecule has 4 nitrogen and oxygen atoms in total. The normalized spacial score (nSPS) is 10.4. The Kier molecular flexibility index (Phi) is 2.62. The van der Waals surface area contributed by atoms with Crippen LogP contribution in [0.15, 0.2) is 30.5 Å². The molecule has 2 aromatic rings. The number of aromatic carboxylic acids is 1. The fraction of sp³-hybridized carbons (Fsp3) is 0. The van der Waals surface area contributed by atoms with Crippen LogP contribution in [0.5, 0.6) is 0 Å². The van der Waals surface area contributed by atoms with Crippen molar-refractivity contribution in [1.29, 1.82) is 0 Å². The van der Waals surface area contributed by atoms with Crippen LogP contribution >= 0.6 is 11.6 Å². The first-order valence-electron chi connectivity index (χ1n) is 4.32. The molecule has 0 aliphatic rings. The van der Waals surface area contributed by atoms with Gasteiger partial charge in [-0.05, 0) is 18.2 Å². The molecule has 0 aliphatic heterocycles. The van der Waals surface area contributed by atoms with Gasteiger partial charge in [-0.3, -0.25) is 0 Å². The molecule has 1 aromatic heterocycles. The van der Waals surface area contributed by atoms with Crippen LogP contribution in [0.1, 0.15) is 10.5 Å². The molecule has 1 aromatic carbocycles. The molecule has 0 spiro atoms. The third kappa shape index (κ3) is 1.90. The molecule has 0 aliphatic carbocycles. The minimum absolute atomic E-state index is 0.00867. The highest BCUT2D eigenvalue weighted by molar-refractivity contribution is 6.30. The molecule has 1 N–H and O–H groups in total. The van der Waals surface area contributed by atoms with E-state index in [1.807, 2.05) is 0 Å². The summed E-state index contributed by atoms with van der Waals surface area (Å²) in [7, 11) is 0. The number of carbonyl (C=O) groups is 1. The van der Waals surface area contributed by atoms with Crippen LogP contribution in [0.3, 0.4) is 0 Å². The molecule has 0 radical (unpaired) electrons. The summed E-state index contributed by atoms with van der Waals surface area (Å²) in [6.07, 6.45) is 1.44. The van der Waals surface area contributed by atoms with Gasteiger partial charge in [0, 0.05) is 12.3 Å². The first kappa shape index (κ1) is 10.6. The van der Waals surface area contributed by atoms with E-state index in [2.05, 4.69) is 5.10 Å². The highest BCUT2D eigenvalue weighted by Gasteiger charge is 2.08. The number of carboxylic acid groups (broad SMARTS) is 1. The molecule has 0 saturated carbocycles. The fourth-order valence-electron chi connectivity index (χ4n) is 1.21. The molecule has 2 rings (SSSR count). The third-order valence-corrected chi connectivity index (χ3v) is 2.28. The Bertz CT molecular complexity index is 554. The molecule has 1 heterocycles. The van der Waals surface area contributed by atoms with Crippen LogP contribution in [0, 0.1) is 5.82 Å². The van der Waals surface area contributed by atoms with Gasteiger partial charge in [-0.2, -0.15) is 5.10 Å². The minimum atomic E-state index is -1.13. The van der Waals surface area contributed by atoms with Crippen molar-refractivity contribution in [2.24, 2.45) is 0 Å². The number of rotatable bonds is 2. The van der Waals surface area contributed by atoms with Crippen molar-refractivity contribution in [3.8, 4) is 5.69 Å². The van der Waals surface area contributed by atoms with Crippen molar-refractivity contribution in [1.82, 2.24) is 9.78 Å². The summed E-state index contributed by atoms with van der Waals surface area (Å²) in [5.41, 5.74) is 0.310. The van der Waals surface area contributed by atoms with Crippen molar-refractivity contribution in [2.45, 2.75) is 0 Å². The Labute approximate surface area is 94.9 Å². The van der Waals surface area contributed by atoms with Crippen molar-refractivity contribution >= 4 is 17.6 Å². The lowest BCUT2D eigenvalue weighted by Gasteiger charge is -2.01. The molecule has 0 saturated heterocycles. The van der Waals surface area contributed by atoms with Crippen molar-refractivity contribution in [3.05, 3.63) is 47.0 Å². The van der Waals surface area contributed by atoms with E-state index in [4.69, 9.17) is 16.7 Å². The van der Waals surface area contributed by atoms with Gasteiger partial charge in [-0.1, -0.05) is 11.6 Å². The summed E-state index contributed by atoms with van der Waals surface area (Å²) in [5.74, 6) is -1.71. The number of hydrogen-bond acceptors (Lipinski definition) is 2. The predicted molar refractivity (Wildman–Crippen MR) is 55.5 cm³/mol. The van der Waals surface area contributed by atoms with Gasteiger partial charge in [0.1, 0.15) is 5.82 Å². The summed E-state index contributed by atoms with van der Waals surface area (Å²) in [6, 6.07) is 5.44. The standard InChI is InChI=1S/C10H6ClFN2O2/c11-7-2-1-6(5-8(7)12)14-4-3-9(13-14)10(15)16/h1-5H,(H,15,16). The lowest BCUT2D eigenvalue weighted by atomic mass is 10.3. The quantitative estimate of drug-likeness (QED) is 0.877. The molecule has 16 heavy (non-hydrogen) atoms. The minimum Gasteiger partial charge on any atom is -0.476 e. The zero-order valence-corrected chi connectivity index (χ0v) is 8.65. The number of benzene rings is 1. The smallest absolute Gasteiger partial charge is 0.356 e. The summed E-state index contributed by atoms with van der Waals surface area (Å²) in [5, 5.41) is 12.4. The fourth-order valence-corrected chi connectivity index (χ4v) is 1.33. The Hall–Kier alpha value is -1.88. The van der Waals surface area contributed by atoms with Gasteiger partial charge in [0.2, 0.25) is 0 Å². The summed E-state index contributed by atoms with van der Waals surface area (Å²) < 4.78 is 14.4. The summed E-state index contributed by atoms with van der Waals surface area (Å²) >= 11 is 5.52. The number of carboxylic acids is 1. The monoisotopic (exact) mass is 240 g/mol. The topological polar surface area (TPSA) is 55.1 Å². The predicted octanol–water partition coefficient (Wildman–Crippen LogP) is 2.36. The average molecular weight is 241 g/mol. The molecule has 6 heteroatoms. The van der Waals surface area contributed by atoms with Gasteiger partial charge in [0.15, 0.2) is 5.69 Å². The van der Waals surface area contributed by atoms with E-state index >= 15 is 0 Å². The largest absolute Gasteiger partial charge is 0.476 e. The highest BCUT2D eigenvalue weighted by Crippen LogP contribution is 2.17. The third-order valence-electron chi connectivity index (χ3n) is 1.98. The highest BCUT2D eigenvalue weighted by atomic mass is 35.5. The van der Waals surface area contributed by atoms with Gasteiger partial charge < -0.3 is 5.11 Å². The second-order valence-corrected chi connectivity index (χ2v) is 3.46. The Balaban J connectivity index is 2.42. The number of nitrogens with zero attached hydrogens (tertiary/aromatic N) is 2. The lowest BCUT2D eigenvalue weighted by molar-refractivity contribution is 0.0690. The second kappa shape index (κ2) is 3.94. The van der Waals surface area contributed by atoms with Crippen LogP contribution < -0.4 is 0 Å². The van der Waals surface area contributed by atoms with Crippen LogP contribution in [-0.4, -0.2) is 20.9 Å². The second-order valence-electron chi connectivity index (χ2n) is 3.05. The van der Waals surface area contributed by atoms with Crippen molar-refractivity contribution in [3.63, 3.8) is 0 Å². The van der Waals surface area contributed by atoms with Crippen molar-refractivity contribution < 1.29 is 14.3 Å². The summed E-state index contributed by atoms with van der Waals surface area (Å²) in [6.45, 7) is 0. The lowest BCUT2D eigenvalue weighted by Crippen LogP contribution is -2.01. The summed E-state index contributed by atoms with van der Waals surface area (Å²) in [4.78, 5) is 10.6. The maximum absolute atomic E-state index is 13.1. The zero-order valence-electron chi connectivity index (χ0n) is 7.89. The van der Waals surface area contributed by atoms with E-state index in [1.165, 1.54) is 29.1 Å². The molecule has 82 valence electrons. The Morgan fingerprint density at radius 1 is 1.44 bits per heavy atom. The average Bonchev–Trinajstić information content (AvgIpc) is 2.71. The molecule has 0 amide bonds. The number of hydrogen-bond donors (Lipinski definition) is 1. The molecule has 0 unspecified atom stereocenters. The van der Waals surface area contributed by atoms with Gasteiger partial charge in [-0.15, -0.1) is 0 Å². The molecule has 0 fully saturated rings. The first-order chi connectivity index (χ1) is 7.58. The van der Waals surface area contributed by atoms with E-state index in [9.17, 15) is 9.18 Å². The van der Waals surface area contributed by atoms with Gasteiger partial charge >= 0.3 is 5.97 Å². The molecule has 0 atom stereocenters. The molecular formula is C10H6ClFN2O2. The van der Waals surface area contributed by atoms with E-state index in [-0.39, 0.29) is 10.7 Å². The molecular weight excluding hydrogens is 235 g/mol. The van der Waals surface area contributed by atoms with Crippen LogP contribution in [0.25, 0.3) is 5.69 Å². The Morgan fingerprint density at radius 2 is 2.19 bits per heavy atom. The molecule has 0 bridgehead atoms. The van der Waals surface area contributed by atoms with Crippen LogP contribution in [0.4, 0.5) is 4.39 Å². The van der Waals surface area contributed by atoms with Gasteiger partial charge in [0.25, 0.3) is 0 Å². The first-order valence-corrected chi connectivity index (χ1v) is 4.70. The maximum atomic E-state index is 13.1. The van der Waals surface area contributed by atoms with Crippen LogP contribution in [0.2, 0.25) is 5.02 Å². The van der Waals surface area contributed by atoms with E-state index in [0.717, 1.165) is 0 Å².